The Morgan fingerprint density at radius 3 is 2.61 bits per heavy atom. The standard InChI is InChI=1S/C16H31N5S.HI/c1-7-17-16(18-9-8-10-22-6)19-12(2)11-15-13(3)20-21(5)14(15)4;/h12H,7-11H2,1-6H3,(H2,17,18,19);1H. The number of thioether (sulfide) groups is 1. The van der Waals surface area contributed by atoms with Gasteiger partial charge >= 0.3 is 0 Å². The van der Waals surface area contributed by atoms with Crippen molar-refractivity contribution in [3.05, 3.63) is 17.0 Å². The molecule has 1 atom stereocenters. The number of nitrogens with one attached hydrogen (secondary N) is 2. The maximum atomic E-state index is 4.64. The lowest BCUT2D eigenvalue weighted by Gasteiger charge is -2.18. The van der Waals surface area contributed by atoms with Crippen LogP contribution in [0.5, 0.6) is 0 Å². The lowest BCUT2D eigenvalue weighted by atomic mass is 10.1. The summed E-state index contributed by atoms with van der Waals surface area (Å²) in [5.41, 5.74) is 3.70. The molecule has 1 heterocycles. The minimum absolute atomic E-state index is 0. The average molecular weight is 453 g/mol. The summed E-state index contributed by atoms with van der Waals surface area (Å²) in [5.74, 6) is 2.07. The summed E-state index contributed by atoms with van der Waals surface area (Å²) in [5, 5.41) is 11.3. The molecule has 0 aliphatic carbocycles. The number of aliphatic imine (C=N–C) groups is 1. The third kappa shape index (κ3) is 7.78. The van der Waals surface area contributed by atoms with Crippen LogP contribution in [0.15, 0.2) is 4.99 Å². The first-order valence-corrected chi connectivity index (χ1v) is 9.41. The molecule has 0 saturated carbocycles. The third-order valence-electron chi connectivity index (χ3n) is 3.67. The second-order valence-electron chi connectivity index (χ2n) is 5.63. The summed E-state index contributed by atoms with van der Waals surface area (Å²) in [6.07, 6.45) is 4.21. The van der Waals surface area contributed by atoms with Gasteiger partial charge in [-0.2, -0.15) is 16.9 Å². The van der Waals surface area contributed by atoms with Gasteiger partial charge in [-0.1, -0.05) is 0 Å². The fourth-order valence-corrected chi connectivity index (χ4v) is 2.84. The number of aryl methyl sites for hydroxylation is 2. The van der Waals surface area contributed by atoms with Crippen LogP contribution in [0.3, 0.4) is 0 Å². The van der Waals surface area contributed by atoms with E-state index in [4.69, 9.17) is 0 Å². The molecule has 0 spiro atoms. The van der Waals surface area contributed by atoms with Gasteiger partial charge in [0.15, 0.2) is 5.96 Å². The van der Waals surface area contributed by atoms with E-state index in [1.54, 1.807) is 0 Å². The van der Waals surface area contributed by atoms with E-state index in [0.717, 1.165) is 43.3 Å². The molecule has 0 radical (unpaired) electrons. The van der Waals surface area contributed by atoms with Gasteiger partial charge in [0, 0.05) is 31.9 Å². The molecule has 0 fully saturated rings. The minimum Gasteiger partial charge on any atom is -0.357 e. The molecule has 1 rings (SSSR count). The van der Waals surface area contributed by atoms with Crippen LogP contribution in [-0.4, -0.2) is 46.9 Å². The first-order valence-electron chi connectivity index (χ1n) is 8.02. The van der Waals surface area contributed by atoms with E-state index in [9.17, 15) is 0 Å². The summed E-state index contributed by atoms with van der Waals surface area (Å²) < 4.78 is 1.96. The average Bonchev–Trinajstić information content (AvgIpc) is 2.70. The van der Waals surface area contributed by atoms with Gasteiger partial charge in [0.1, 0.15) is 0 Å². The molecule has 0 aliphatic rings. The lowest BCUT2D eigenvalue weighted by Crippen LogP contribution is -2.43. The second kappa shape index (κ2) is 12.0. The number of hydrogen-bond donors (Lipinski definition) is 2. The quantitative estimate of drug-likeness (QED) is 0.275. The number of hydrogen-bond acceptors (Lipinski definition) is 3. The molecule has 1 aromatic heterocycles. The predicted molar refractivity (Wildman–Crippen MR) is 113 cm³/mol. The normalized spacial score (nSPS) is 12.7. The van der Waals surface area contributed by atoms with Crippen molar-refractivity contribution in [2.45, 2.75) is 46.6 Å². The Bertz CT molecular complexity index is 487. The summed E-state index contributed by atoms with van der Waals surface area (Å²) >= 11 is 1.87. The highest BCUT2D eigenvalue weighted by molar-refractivity contribution is 14.0. The van der Waals surface area contributed by atoms with E-state index in [-0.39, 0.29) is 24.0 Å². The summed E-state index contributed by atoms with van der Waals surface area (Å²) in [7, 11) is 2.00. The molecular weight excluding hydrogens is 421 g/mol. The Balaban J connectivity index is 0.00000484. The monoisotopic (exact) mass is 453 g/mol. The number of guanidine groups is 1. The second-order valence-corrected chi connectivity index (χ2v) is 6.62. The molecule has 7 heteroatoms. The van der Waals surface area contributed by atoms with Crippen molar-refractivity contribution in [1.29, 1.82) is 0 Å². The zero-order valence-corrected chi connectivity index (χ0v) is 18.4. The fourth-order valence-electron chi connectivity index (χ4n) is 2.42. The van der Waals surface area contributed by atoms with E-state index in [1.165, 1.54) is 11.3 Å². The van der Waals surface area contributed by atoms with Crippen LogP contribution in [-0.2, 0) is 13.5 Å². The van der Waals surface area contributed by atoms with Crippen molar-refractivity contribution < 1.29 is 0 Å². The number of aromatic nitrogens is 2. The molecule has 1 aromatic rings. The smallest absolute Gasteiger partial charge is 0.191 e. The zero-order chi connectivity index (χ0) is 16.5. The molecule has 0 aliphatic heterocycles. The van der Waals surface area contributed by atoms with Crippen molar-refractivity contribution in [1.82, 2.24) is 20.4 Å². The molecule has 0 aromatic carbocycles. The zero-order valence-electron chi connectivity index (χ0n) is 15.3. The van der Waals surface area contributed by atoms with E-state index >= 15 is 0 Å². The van der Waals surface area contributed by atoms with Crippen LogP contribution in [0, 0.1) is 13.8 Å². The topological polar surface area (TPSA) is 54.2 Å². The highest BCUT2D eigenvalue weighted by atomic mass is 127. The molecule has 0 amide bonds. The minimum atomic E-state index is 0. The number of nitrogens with zero attached hydrogens (tertiary/aromatic N) is 3. The van der Waals surface area contributed by atoms with Crippen molar-refractivity contribution >= 4 is 41.7 Å². The molecule has 5 nitrogen and oxygen atoms in total. The van der Waals surface area contributed by atoms with Crippen LogP contribution in [0.4, 0.5) is 0 Å². The highest BCUT2D eigenvalue weighted by Crippen LogP contribution is 2.14. The molecule has 0 bridgehead atoms. The van der Waals surface area contributed by atoms with Crippen LogP contribution >= 0.6 is 35.7 Å². The summed E-state index contributed by atoms with van der Waals surface area (Å²) in [6.45, 7) is 10.3. The van der Waals surface area contributed by atoms with Gasteiger partial charge < -0.3 is 10.6 Å². The lowest BCUT2D eigenvalue weighted by molar-refractivity contribution is 0.635. The van der Waals surface area contributed by atoms with Crippen LogP contribution < -0.4 is 10.6 Å². The molecule has 2 N–H and O–H groups in total. The van der Waals surface area contributed by atoms with Gasteiger partial charge in [-0.25, -0.2) is 0 Å². The summed E-state index contributed by atoms with van der Waals surface area (Å²) in [6, 6.07) is 0.319. The molecule has 0 saturated heterocycles. The Kier molecular flexibility index (Phi) is 11.8. The molecular formula is C16H32IN5S. The Morgan fingerprint density at radius 2 is 2.09 bits per heavy atom. The van der Waals surface area contributed by atoms with E-state index in [2.05, 4.69) is 54.7 Å². The highest BCUT2D eigenvalue weighted by Gasteiger charge is 2.13. The predicted octanol–water partition coefficient (Wildman–Crippen LogP) is 2.89. The SMILES string of the molecule is CCNC(=NCCCSC)NC(C)Cc1c(C)nn(C)c1C.I. The van der Waals surface area contributed by atoms with Crippen LogP contribution in [0.1, 0.15) is 37.2 Å². The van der Waals surface area contributed by atoms with E-state index in [0.29, 0.717) is 6.04 Å². The Labute approximate surface area is 162 Å². The maximum Gasteiger partial charge on any atom is 0.191 e. The molecule has 1 unspecified atom stereocenters. The fraction of sp³-hybridized carbons (Fsp3) is 0.750. The van der Waals surface area contributed by atoms with E-state index < -0.39 is 0 Å². The first kappa shape index (κ1) is 22.6. The van der Waals surface area contributed by atoms with Gasteiger partial charge in [-0.15, -0.1) is 24.0 Å². The first-order chi connectivity index (χ1) is 10.5. The number of halogens is 1. The van der Waals surface area contributed by atoms with Gasteiger partial charge in [0.25, 0.3) is 0 Å². The van der Waals surface area contributed by atoms with Crippen LogP contribution in [0.2, 0.25) is 0 Å². The summed E-state index contributed by atoms with van der Waals surface area (Å²) in [4.78, 5) is 4.64. The van der Waals surface area contributed by atoms with Crippen LogP contribution in [0.25, 0.3) is 0 Å². The molecule has 134 valence electrons. The Morgan fingerprint density at radius 1 is 1.39 bits per heavy atom. The van der Waals surface area contributed by atoms with Gasteiger partial charge in [-0.05, 0) is 58.1 Å². The van der Waals surface area contributed by atoms with Gasteiger partial charge in [0.05, 0.1) is 5.69 Å². The Hall–Kier alpha value is -0.440. The van der Waals surface area contributed by atoms with Crippen molar-refractivity contribution in [3.63, 3.8) is 0 Å². The third-order valence-corrected chi connectivity index (χ3v) is 4.37. The maximum absolute atomic E-state index is 4.64. The van der Waals surface area contributed by atoms with E-state index in [1.807, 2.05) is 23.5 Å². The van der Waals surface area contributed by atoms with Crippen molar-refractivity contribution in [2.75, 3.05) is 25.1 Å². The molecule has 23 heavy (non-hydrogen) atoms. The largest absolute Gasteiger partial charge is 0.357 e. The van der Waals surface area contributed by atoms with Crippen molar-refractivity contribution in [2.24, 2.45) is 12.0 Å². The van der Waals surface area contributed by atoms with Gasteiger partial charge in [0.2, 0.25) is 0 Å². The number of rotatable bonds is 8. The van der Waals surface area contributed by atoms with Gasteiger partial charge in [-0.3, -0.25) is 9.67 Å². The van der Waals surface area contributed by atoms with Crippen molar-refractivity contribution in [3.8, 4) is 0 Å².